The van der Waals surface area contributed by atoms with Crippen LogP contribution in [0.15, 0.2) is 0 Å². The molecule has 1 aliphatic rings. The summed E-state index contributed by atoms with van der Waals surface area (Å²) in [6.45, 7) is 0. The molecule has 6 nitrogen and oxygen atoms in total. The van der Waals surface area contributed by atoms with E-state index in [0.29, 0.717) is 0 Å². The minimum Gasteiger partial charge on any atom is -0.477 e. The first kappa shape index (κ1) is 10.3. The topological polar surface area (TPSA) is 118 Å². The van der Waals surface area contributed by atoms with Crippen LogP contribution in [0.5, 0.6) is 0 Å². The first-order valence-corrected chi connectivity index (χ1v) is 2.86. The molecule has 6 heteroatoms. The fraction of sp³-hybridized carbons (Fsp3) is 0.800. The molecule has 5 N–H and O–H groups in total. The maximum Gasteiger partial charge on any atom is 0.364 e. The van der Waals surface area contributed by atoms with Gasteiger partial charge in [0.25, 0.3) is 5.79 Å². The van der Waals surface area contributed by atoms with Crippen LogP contribution in [-0.2, 0) is 9.53 Å². The number of carbonyl (C=O) groups is 1. The van der Waals surface area contributed by atoms with E-state index in [1.54, 1.807) is 0 Å². The van der Waals surface area contributed by atoms with Crippen LogP contribution < -0.4 is 0 Å². The Kier molecular flexibility index (Phi) is 2.94. The third-order valence-electron chi connectivity index (χ3n) is 1.40. The molecule has 1 fully saturated rings. The molecule has 0 aromatic carbocycles. The minimum absolute atomic E-state index is 0. The number of carboxylic acids is 1. The van der Waals surface area contributed by atoms with Crippen molar-refractivity contribution in [3.8, 4) is 0 Å². The van der Waals surface area contributed by atoms with Gasteiger partial charge >= 0.3 is 5.97 Å². The second-order valence-electron chi connectivity index (χ2n) is 2.20. The number of rotatable bonds is 1. The van der Waals surface area contributed by atoms with E-state index in [4.69, 9.17) is 15.3 Å². The molecule has 1 saturated heterocycles. The molecule has 0 radical (unpaired) electrons. The Morgan fingerprint density at radius 3 is 2.36 bits per heavy atom. The van der Waals surface area contributed by atoms with Crippen molar-refractivity contribution in [2.75, 3.05) is 0 Å². The summed E-state index contributed by atoms with van der Waals surface area (Å²) in [6.07, 6.45) is -1.06. The van der Waals surface area contributed by atoms with Gasteiger partial charge in [0.05, 0.1) is 0 Å². The van der Waals surface area contributed by atoms with Crippen molar-refractivity contribution < 1.29 is 30.3 Å². The van der Waals surface area contributed by atoms with Crippen LogP contribution in [0.3, 0.4) is 0 Å². The third kappa shape index (κ3) is 1.87. The largest absolute Gasteiger partial charge is 0.477 e. The summed E-state index contributed by atoms with van der Waals surface area (Å²) in [7, 11) is 0. The number of hydrogen-bond donors (Lipinski definition) is 3. The average molecular weight is 166 g/mol. The van der Waals surface area contributed by atoms with Crippen LogP contribution in [0.2, 0.25) is 0 Å². The van der Waals surface area contributed by atoms with Gasteiger partial charge in [0.15, 0.2) is 6.29 Å². The molecule has 11 heavy (non-hydrogen) atoms. The first-order chi connectivity index (χ1) is 4.54. The lowest BCUT2D eigenvalue weighted by atomic mass is 10.2. The Balaban J connectivity index is 0.000001000. The number of hydrogen-bond acceptors (Lipinski definition) is 4. The van der Waals surface area contributed by atoms with Crippen LogP contribution in [0.25, 0.3) is 0 Å². The summed E-state index contributed by atoms with van der Waals surface area (Å²) >= 11 is 0. The van der Waals surface area contributed by atoms with E-state index in [0.717, 1.165) is 0 Å². The molecule has 2 unspecified atom stereocenters. The predicted molar refractivity (Wildman–Crippen MR) is 32.5 cm³/mol. The number of ether oxygens (including phenoxy) is 1. The lowest BCUT2D eigenvalue weighted by molar-refractivity contribution is -0.242. The summed E-state index contributed by atoms with van der Waals surface area (Å²) in [5.74, 6) is -3.62. The van der Waals surface area contributed by atoms with E-state index in [1.165, 1.54) is 0 Å². The van der Waals surface area contributed by atoms with Crippen molar-refractivity contribution in [1.82, 2.24) is 0 Å². The first-order valence-electron chi connectivity index (χ1n) is 2.86. The predicted octanol–water partition coefficient (Wildman–Crippen LogP) is -1.94. The van der Waals surface area contributed by atoms with Gasteiger partial charge in [-0.05, 0) is 0 Å². The van der Waals surface area contributed by atoms with Gasteiger partial charge < -0.3 is 25.5 Å². The highest BCUT2D eigenvalue weighted by atomic mass is 16.7. The fourth-order valence-corrected chi connectivity index (χ4v) is 0.819. The summed E-state index contributed by atoms with van der Waals surface area (Å²) in [6, 6.07) is 0. The highest BCUT2D eigenvalue weighted by Gasteiger charge is 2.44. The van der Waals surface area contributed by atoms with Gasteiger partial charge in [0, 0.05) is 12.8 Å². The maximum absolute atomic E-state index is 10.2. The van der Waals surface area contributed by atoms with Crippen LogP contribution in [0, 0.1) is 0 Å². The molecule has 1 aliphatic heterocycles. The van der Waals surface area contributed by atoms with Gasteiger partial charge in [0.1, 0.15) is 0 Å². The van der Waals surface area contributed by atoms with Crippen LogP contribution >= 0.6 is 0 Å². The Labute approximate surface area is 62.3 Å². The molecule has 66 valence electrons. The lowest BCUT2D eigenvalue weighted by Crippen LogP contribution is -2.38. The Bertz CT molecular complexity index is 157. The number of aliphatic hydroxyl groups excluding tert-OH is 1. The van der Waals surface area contributed by atoms with Crippen molar-refractivity contribution in [3.63, 3.8) is 0 Å². The smallest absolute Gasteiger partial charge is 0.364 e. The fourth-order valence-electron chi connectivity index (χ4n) is 0.819. The highest BCUT2D eigenvalue weighted by molar-refractivity contribution is 5.75. The average Bonchev–Trinajstić information content (AvgIpc) is 2.13. The Hall–Kier alpha value is -0.690. The molecule has 0 aromatic heterocycles. The number of aliphatic carboxylic acids is 1. The summed E-state index contributed by atoms with van der Waals surface area (Å²) in [5, 5.41) is 25.9. The van der Waals surface area contributed by atoms with Crippen LogP contribution in [0.4, 0.5) is 0 Å². The minimum atomic E-state index is -2.17. The maximum atomic E-state index is 10.2. The van der Waals surface area contributed by atoms with Crippen molar-refractivity contribution in [1.29, 1.82) is 0 Å². The molecule has 0 aromatic rings. The van der Waals surface area contributed by atoms with Crippen molar-refractivity contribution >= 4 is 5.97 Å². The van der Waals surface area contributed by atoms with E-state index in [9.17, 15) is 4.79 Å². The van der Waals surface area contributed by atoms with Gasteiger partial charge in [-0.3, -0.25) is 0 Å². The molecule has 0 spiro atoms. The lowest BCUT2D eigenvalue weighted by Gasteiger charge is -2.15. The van der Waals surface area contributed by atoms with E-state index >= 15 is 0 Å². The van der Waals surface area contributed by atoms with Gasteiger partial charge in [-0.2, -0.15) is 0 Å². The van der Waals surface area contributed by atoms with Crippen molar-refractivity contribution in [3.05, 3.63) is 0 Å². The van der Waals surface area contributed by atoms with Gasteiger partial charge in [-0.25, -0.2) is 4.79 Å². The SMILES string of the molecule is O.O=C(O)C1(O)CCC(O)O1. The van der Waals surface area contributed by atoms with Crippen molar-refractivity contribution in [2.45, 2.75) is 24.9 Å². The normalized spacial score (nSPS) is 36.4. The molecule has 0 aliphatic carbocycles. The summed E-state index contributed by atoms with van der Waals surface area (Å²) in [4.78, 5) is 10.2. The summed E-state index contributed by atoms with van der Waals surface area (Å²) in [5.41, 5.74) is 0. The van der Waals surface area contributed by atoms with E-state index in [-0.39, 0.29) is 18.3 Å². The quantitative estimate of drug-likeness (QED) is 0.419. The second-order valence-corrected chi connectivity index (χ2v) is 2.20. The molecular formula is C5H10O6. The summed E-state index contributed by atoms with van der Waals surface area (Å²) < 4.78 is 4.32. The Morgan fingerprint density at radius 1 is 1.64 bits per heavy atom. The Morgan fingerprint density at radius 2 is 2.18 bits per heavy atom. The second kappa shape index (κ2) is 3.14. The molecule has 0 amide bonds. The zero-order valence-electron chi connectivity index (χ0n) is 5.65. The zero-order chi connectivity index (χ0) is 7.78. The van der Waals surface area contributed by atoms with Crippen molar-refractivity contribution in [2.24, 2.45) is 0 Å². The van der Waals surface area contributed by atoms with E-state index in [1.807, 2.05) is 0 Å². The third-order valence-corrected chi connectivity index (χ3v) is 1.40. The molecule has 1 heterocycles. The number of aliphatic hydroxyl groups is 2. The monoisotopic (exact) mass is 166 g/mol. The molecular weight excluding hydrogens is 156 g/mol. The molecule has 2 atom stereocenters. The van der Waals surface area contributed by atoms with Crippen LogP contribution in [0.1, 0.15) is 12.8 Å². The van der Waals surface area contributed by atoms with Gasteiger partial charge in [-0.15, -0.1) is 0 Å². The van der Waals surface area contributed by atoms with Gasteiger partial charge in [-0.1, -0.05) is 0 Å². The molecule has 0 bridgehead atoms. The highest BCUT2D eigenvalue weighted by Crippen LogP contribution is 2.26. The molecule has 0 saturated carbocycles. The number of carboxylic acid groups (broad SMARTS) is 1. The van der Waals surface area contributed by atoms with Gasteiger partial charge in [0.2, 0.25) is 0 Å². The zero-order valence-corrected chi connectivity index (χ0v) is 5.65. The van der Waals surface area contributed by atoms with E-state index < -0.39 is 18.0 Å². The molecule has 1 rings (SSSR count). The van der Waals surface area contributed by atoms with Crippen LogP contribution in [-0.4, -0.2) is 38.8 Å². The standard InChI is InChI=1S/C5H8O5.H2O/c6-3-1-2-5(9,10-3)4(7)8;/h3,6,9H,1-2H2,(H,7,8);1H2. The van der Waals surface area contributed by atoms with E-state index in [2.05, 4.69) is 4.74 Å².